The lowest BCUT2D eigenvalue weighted by Gasteiger charge is -2.14. The smallest absolute Gasteiger partial charge is 0.289 e. The lowest BCUT2D eigenvalue weighted by molar-refractivity contribution is 0.0694. The number of hydrogen-bond acceptors (Lipinski definition) is 5. The molecule has 2 N–H and O–H groups in total. The zero-order chi connectivity index (χ0) is 14.2. The normalized spacial score (nSPS) is 19.9. The summed E-state index contributed by atoms with van der Waals surface area (Å²) < 4.78 is 32.9. The molecule has 1 aromatic heterocycles. The number of furan rings is 1. The first kappa shape index (κ1) is 14.0. The van der Waals surface area contributed by atoms with Gasteiger partial charge in [0.25, 0.3) is 5.91 Å². The second kappa shape index (κ2) is 4.95. The van der Waals surface area contributed by atoms with Crippen LogP contribution in [0.3, 0.4) is 0 Å². The highest BCUT2D eigenvalue weighted by Crippen LogP contribution is 2.22. The summed E-state index contributed by atoms with van der Waals surface area (Å²) >= 11 is 0. The molecule has 19 heavy (non-hydrogen) atoms. The summed E-state index contributed by atoms with van der Waals surface area (Å²) in [6.07, 6.45) is 0.766. The maximum Gasteiger partial charge on any atom is 0.289 e. The molecule has 0 aromatic carbocycles. The van der Waals surface area contributed by atoms with Crippen molar-refractivity contribution in [3.05, 3.63) is 17.6 Å². The van der Waals surface area contributed by atoms with Crippen LogP contribution in [0.4, 0.5) is 0 Å². The maximum absolute atomic E-state index is 12.1. The van der Waals surface area contributed by atoms with Crippen molar-refractivity contribution in [2.24, 2.45) is 5.14 Å². The molecule has 1 aromatic rings. The fourth-order valence-electron chi connectivity index (χ4n) is 2.11. The van der Waals surface area contributed by atoms with E-state index in [9.17, 15) is 13.2 Å². The molecule has 2 heterocycles. The van der Waals surface area contributed by atoms with E-state index in [2.05, 4.69) is 0 Å². The molecular weight excluding hydrogens is 272 g/mol. The summed E-state index contributed by atoms with van der Waals surface area (Å²) in [7, 11) is -2.28. The Morgan fingerprint density at radius 1 is 1.58 bits per heavy atom. The molecule has 1 aliphatic heterocycles. The van der Waals surface area contributed by atoms with Gasteiger partial charge in [0.1, 0.15) is 10.7 Å². The second-order valence-corrected chi connectivity index (χ2v) is 6.00. The number of primary sulfonamides is 1. The summed E-state index contributed by atoms with van der Waals surface area (Å²) in [6, 6.07) is 1.17. The molecule has 0 radical (unpaired) electrons. The number of likely N-dealkylation sites (tertiary alicyclic amines) is 1. The number of methoxy groups -OCH3 is 1. The molecule has 8 heteroatoms. The molecule has 7 nitrogen and oxygen atoms in total. The molecule has 0 bridgehead atoms. The lowest BCUT2D eigenvalue weighted by atomic mass is 10.3. The summed E-state index contributed by atoms with van der Waals surface area (Å²) in [6.45, 7) is 2.49. The molecule has 1 fully saturated rings. The maximum atomic E-state index is 12.1. The van der Waals surface area contributed by atoms with E-state index in [-0.39, 0.29) is 28.4 Å². The fraction of sp³-hybridized carbons (Fsp3) is 0.545. The van der Waals surface area contributed by atoms with Gasteiger partial charge in [-0.1, -0.05) is 0 Å². The van der Waals surface area contributed by atoms with Crippen LogP contribution in [0.1, 0.15) is 22.7 Å². The average molecular weight is 288 g/mol. The number of nitrogens with two attached hydrogens (primary N) is 1. The van der Waals surface area contributed by atoms with Gasteiger partial charge in [0, 0.05) is 26.3 Å². The molecule has 0 aliphatic carbocycles. The van der Waals surface area contributed by atoms with Crippen LogP contribution in [0.15, 0.2) is 15.4 Å². The number of nitrogens with zero attached hydrogens (tertiary/aromatic N) is 1. The third-order valence-corrected chi connectivity index (χ3v) is 4.17. The zero-order valence-electron chi connectivity index (χ0n) is 10.8. The van der Waals surface area contributed by atoms with E-state index in [1.54, 1.807) is 12.0 Å². The average Bonchev–Trinajstić information content (AvgIpc) is 2.93. The van der Waals surface area contributed by atoms with Gasteiger partial charge >= 0.3 is 0 Å². The van der Waals surface area contributed by atoms with Crippen molar-refractivity contribution in [2.75, 3.05) is 20.2 Å². The predicted octanol–water partition coefficient (Wildman–Crippen LogP) is 0.0963. The Hall–Kier alpha value is -1.38. The summed E-state index contributed by atoms with van der Waals surface area (Å²) in [5, 5.41) is 5.04. The van der Waals surface area contributed by atoms with E-state index in [1.165, 1.54) is 13.0 Å². The van der Waals surface area contributed by atoms with E-state index in [0.29, 0.717) is 13.1 Å². The number of hydrogen-bond donors (Lipinski definition) is 1. The number of rotatable bonds is 3. The topological polar surface area (TPSA) is 103 Å². The third kappa shape index (κ3) is 2.80. The van der Waals surface area contributed by atoms with Gasteiger partial charge in [-0.3, -0.25) is 4.79 Å². The predicted molar refractivity (Wildman–Crippen MR) is 66.1 cm³/mol. The SMILES string of the molecule is COC1CCN(C(=O)c2cc(S(N)(=O)=O)c(C)o2)C1. The first-order chi connectivity index (χ1) is 8.82. The van der Waals surface area contributed by atoms with Crippen LogP contribution in [-0.4, -0.2) is 45.5 Å². The van der Waals surface area contributed by atoms with Crippen LogP contribution in [0, 0.1) is 6.92 Å². The molecular formula is C11H16N2O5S. The Bertz CT molecular complexity index is 592. The van der Waals surface area contributed by atoms with Crippen molar-refractivity contribution in [3.63, 3.8) is 0 Å². The molecule has 1 aliphatic rings. The number of carbonyl (C=O) groups excluding carboxylic acids is 1. The van der Waals surface area contributed by atoms with E-state index in [0.717, 1.165) is 6.42 Å². The first-order valence-corrected chi connectivity index (χ1v) is 7.33. The lowest BCUT2D eigenvalue weighted by Crippen LogP contribution is -2.29. The van der Waals surface area contributed by atoms with Gasteiger partial charge < -0.3 is 14.1 Å². The van der Waals surface area contributed by atoms with Crippen molar-refractivity contribution >= 4 is 15.9 Å². The van der Waals surface area contributed by atoms with Crippen LogP contribution < -0.4 is 5.14 Å². The summed E-state index contributed by atoms with van der Waals surface area (Å²) in [4.78, 5) is 13.6. The van der Waals surface area contributed by atoms with Crippen molar-refractivity contribution in [2.45, 2.75) is 24.3 Å². The zero-order valence-corrected chi connectivity index (χ0v) is 11.6. The molecule has 106 valence electrons. The fourth-order valence-corrected chi connectivity index (χ4v) is 2.83. The Morgan fingerprint density at radius 3 is 2.74 bits per heavy atom. The summed E-state index contributed by atoms with van der Waals surface area (Å²) in [5.41, 5.74) is 0. The van der Waals surface area contributed by atoms with Gasteiger partial charge in [0.15, 0.2) is 5.76 Å². The van der Waals surface area contributed by atoms with E-state index >= 15 is 0 Å². The highest BCUT2D eigenvalue weighted by atomic mass is 32.2. The molecule has 2 rings (SSSR count). The van der Waals surface area contributed by atoms with Crippen molar-refractivity contribution in [3.8, 4) is 0 Å². The summed E-state index contributed by atoms with van der Waals surface area (Å²) in [5.74, 6) is -0.246. The molecule has 1 saturated heterocycles. The standard InChI is InChI=1S/C11H16N2O5S/c1-7-10(19(12,15)16)5-9(18-7)11(14)13-4-3-8(6-13)17-2/h5,8H,3-4,6H2,1-2H3,(H2,12,15,16). The Balaban J connectivity index is 2.22. The van der Waals surface area contributed by atoms with Crippen molar-refractivity contribution < 1.29 is 22.4 Å². The van der Waals surface area contributed by atoms with E-state index < -0.39 is 10.0 Å². The van der Waals surface area contributed by atoms with Gasteiger partial charge in [-0.15, -0.1) is 0 Å². The van der Waals surface area contributed by atoms with Crippen LogP contribution in [0.5, 0.6) is 0 Å². The van der Waals surface area contributed by atoms with Gasteiger partial charge in [0.2, 0.25) is 10.0 Å². The number of sulfonamides is 1. The van der Waals surface area contributed by atoms with Crippen molar-refractivity contribution in [1.29, 1.82) is 0 Å². The molecule has 1 unspecified atom stereocenters. The van der Waals surface area contributed by atoms with E-state index in [1.807, 2.05) is 0 Å². The Kier molecular flexibility index (Phi) is 3.66. The van der Waals surface area contributed by atoms with Crippen LogP contribution in [0.25, 0.3) is 0 Å². The Labute approximate surface area is 111 Å². The van der Waals surface area contributed by atoms with Gasteiger partial charge in [0.05, 0.1) is 6.10 Å². The number of aryl methyl sites for hydroxylation is 1. The highest BCUT2D eigenvalue weighted by Gasteiger charge is 2.30. The number of carbonyl (C=O) groups is 1. The van der Waals surface area contributed by atoms with Crippen LogP contribution in [-0.2, 0) is 14.8 Å². The first-order valence-electron chi connectivity index (χ1n) is 5.78. The van der Waals surface area contributed by atoms with Crippen molar-refractivity contribution in [1.82, 2.24) is 4.90 Å². The second-order valence-electron chi connectivity index (χ2n) is 4.47. The largest absolute Gasteiger partial charge is 0.455 e. The molecule has 1 atom stereocenters. The minimum absolute atomic E-state index is 0.0118. The third-order valence-electron chi connectivity index (χ3n) is 3.16. The monoisotopic (exact) mass is 288 g/mol. The van der Waals surface area contributed by atoms with Crippen LogP contribution >= 0.6 is 0 Å². The molecule has 0 spiro atoms. The van der Waals surface area contributed by atoms with Crippen LogP contribution in [0.2, 0.25) is 0 Å². The molecule has 0 saturated carbocycles. The highest BCUT2D eigenvalue weighted by molar-refractivity contribution is 7.89. The quantitative estimate of drug-likeness (QED) is 0.849. The van der Waals surface area contributed by atoms with Gasteiger partial charge in [-0.2, -0.15) is 0 Å². The van der Waals surface area contributed by atoms with E-state index in [4.69, 9.17) is 14.3 Å². The Morgan fingerprint density at radius 2 is 2.26 bits per heavy atom. The molecule has 1 amide bonds. The van der Waals surface area contributed by atoms with Gasteiger partial charge in [-0.05, 0) is 13.3 Å². The number of amides is 1. The minimum Gasteiger partial charge on any atom is -0.455 e. The number of ether oxygens (including phenoxy) is 1. The minimum atomic E-state index is -3.87. The van der Waals surface area contributed by atoms with Gasteiger partial charge in [-0.25, -0.2) is 13.6 Å².